The predicted molar refractivity (Wildman–Crippen MR) is 115 cm³/mol. The standard InChI is InChI=1S/C22H20N2O5S/c1-15-9-4-5-11-17(15)23(2)22(25)16-10-8-12-18(24(26)27)21(16)30(28)20-14-7-6-13-19(20)29-3/h4-14H,1-3H3. The van der Waals surface area contributed by atoms with Gasteiger partial charge in [-0.15, -0.1) is 0 Å². The molecule has 0 aromatic heterocycles. The molecular weight excluding hydrogens is 404 g/mol. The first-order valence-corrected chi connectivity index (χ1v) is 10.2. The second kappa shape index (κ2) is 8.87. The number of para-hydroxylation sites is 2. The number of nitrogens with zero attached hydrogens (tertiary/aromatic N) is 2. The summed E-state index contributed by atoms with van der Waals surface area (Å²) >= 11 is 0. The third-order valence-electron chi connectivity index (χ3n) is 4.66. The first-order chi connectivity index (χ1) is 14.4. The molecule has 0 saturated heterocycles. The van der Waals surface area contributed by atoms with Crippen molar-refractivity contribution in [2.75, 3.05) is 19.1 Å². The lowest BCUT2D eigenvalue weighted by atomic mass is 10.1. The molecule has 0 saturated carbocycles. The van der Waals surface area contributed by atoms with E-state index in [1.807, 2.05) is 19.1 Å². The number of aryl methyl sites for hydroxylation is 1. The Morgan fingerprint density at radius 2 is 1.70 bits per heavy atom. The SMILES string of the molecule is COc1ccccc1S(=O)c1c(C(=O)N(C)c2ccccc2C)cccc1[N+](=O)[O-]. The Balaban J connectivity index is 2.18. The predicted octanol–water partition coefficient (Wildman–Crippen LogP) is 4.36. The Hall–Kier alpha value is -3.52. The summed E-state index contributed by atoms with van der Waals surface area (Å²) in [6.45, 7) is 1.86. The molecule has 3 aromatic carbocycles. The molecular formula is C22H20N2O5S. The summed E-state index contributed by atoms with van der Waals surface area (Å²) in [6.07, 6.45) is 0. The Kier molecular flexibility index (Phi) is 6.27. The highest BCUT2D eigenvalue weighted by Gasteiger charge is 2.30. The van der Waals surface area contributed by atoms with Gasteiger partial charge in [-0.05, 0) is 36.8 Å². The van der Waals surface area contributed by atoms with E-state index in [1.165, 1.54) is 30.2 Å². The first kappa shape index (κ1) is 21.2. The molecule has 3 aromatic rings. The Labute approximate surface area is 176 Å². The third kappa shape index (κ3) is 3.95. The summed E-state index contributed by atoms with van der Waals surface area (Å²) in [5.74, 6) is -0.175. The van der Waals surface area contributed by atoms with Crippen LogP contribution in [0.15, 0.2) is 76.5 Å². The smallest absolute Gasteiger partial charge is 0.286 e. The number of hydrogen-bond donors (Lipinski definition) is 0. The zero-order valence-electron chi connectivity index (χ0n) is 16.7. The normalized spacial score (nSPS) is 11.6. The number of methoxy groups -OCH3 is 1. The van der Waals surface area contributed by atoms with Crippen molar-refractivity contribution in [2.24, 2.45) is 0 Å². The van der Waals surface area contributed by atoms with E-state index in [0.717, 1.165) is 5.56 Å². The fraction of sp³-hybridized carbons (Fsp3) is 0.136. The molecule has 3 rings (SSSR count). The fourth-order valence-electron chi connectivity index (χ4n) is 3.14. The second-order valence-corrected chi connectivity index (χ2v) is 7.87. The van der Waals surface area contributed by atoms with Crippen molar-refractivity contribution < 1.29 is 18.7 Å². The maximum Gasteiger partial charge on any atom is 0.286 e. The van der Waals surface area contributed by atoms with Crippen molar-refractivity contribution >= 4 is 28.1 Å². The quantitative estimate of drug-likeness (QED) is 0.433. The maximum absolute atomic E-state index is 13.5. The third-order valence-corrected chi connectivity index (χ3v) is 6.19. The molecule has 0 aliphatic rings. The van der Waals surface area contributed by atoms with Gasteiger partial charge in [0.05, 0.1) is 33.3 Å². The molecule has 0 aliphatic heterocycles. The Bertz CT molecular complexity index is 1150. The van der Waals surface area contributed by atoms with Gasteiger partial charge in [0.15, 0.2) is 0 Å². The average molecular weight is 424 g/mol. The van der Waals surface area contributed by atoms with Crippen molar-refractivity contribution in [1.82, 2.24) is 0 Å². The Morgan fingerprint density at radius 3 is 2.37 bits per heavy atom. The van der Waals surface area contributed by atoms with Crippen LogP contribution in [0.3, 0.4) is 0 Å². The summed E-state index contributed by atoms with van der Waals surface area (Å²) in [5.41, 5.74) is 1.14. The first-order valence-electron chi connectivity index (χ1n) is 9.02. The topological polar surface area (TPSA) is 89.8 Å². The summed E-state index contributed by atoms with van der Waals surface area (Å²) in [5, 5.41) is 11.7. The molecule has 0 bridgehead atoms. The fourth-order valence-corrected chi connectivity index (χ4v) is 4.59. The number of benzene rings is 3. The highest BCUT2D eigenvalue weighted by atomic mass is 32.2. The van der Waals surface area contributed by atoms with Gasteiger partial charge in [-0.2, -0.15) is 0 Å². The summed E-state index contributed by atoms with van der Waals surface area (Å²) in [4.78, 5) is 25.9. The number of carbonyl (C=O) groups is 1. The van der Waals surface area contributed by atoms with Gasteiger partial charge in [0.2, 0.25) is 0 Å². The van der Waals surface area contributed by atoms with Crippen molar-refractivity contribution in [3.63, 3.8) is 0 Å². The van der Waals surface area contributed by atoms with Crippen molar-refractivity contribution in [2.45, 2.75) is 16.7 Å². The zero-order chi connectivity index (χ0) is 21.8. The second-order valence-electron chi connectivity index (χ2n) is 6.48. The van der Waals surface area contributed by atoms with Crippen molar-refractivity contribution in [1.29, 1.82) is 0 Å². The maximum atomic E-state index is 13.5. The van der Waals surface area contributed by atoms with Gasteiger partial charge in [-0.25, -0.2) is 4.21 Å². The molecule has 0 aliphatic carbocycles. The summed E-state index contributed by atoms with van der Waals surface area (Å²) in [7, 11) is 0.992. The van der Waals surface area contributed by atoms with E-state index in [2.05, 4.69) is 0 Å². The van der Waals surface area contributed by atoms with Gasteiger partial charge in [0, 0.05) is 18.8 Å². The number of ether oxygens (including phenoxy) is 1. The van der Waals surface area contributed by atoms with Crippen LogP contribution in [0.25, 0.3) is 0 Å². The van der Waals surface area contributed by atoms with Crippen molar-refractivity contribution in [3.8, 4) is 5.75 Å². The van der Waals surface area contributed by atoms with Crippen LogP contribution in [0, 0.1) is 17.0 Å². The molecule has 30 heavy (non-hydrogen) atoms. The molecule has 0 N–H and O–H groups in total. The van der Waals surface area contributed by atoms with Gasteiger partial charge in [0.1, 0.15) is 10.6 Å². The Morgan fingerprint density at radius 1 is 1.03 bits per heavy atom. The monoisotopic (exact) mass is 424 g/mol. The summed E-state index contributed by atoms with van der Waals surface area (Å²) in [6, 6.07) is 17.9. The lowest BCUT2D eigenvalue weighted by Crippen LogP contribution is -2.28. The van der Waals surface area contributed by atoms with Crippen LogP contribution in [-0.4, -0.2) is 29.2 Å². The largest absolute Gasteiger partial charge is 0.495 e. The van der Waals surface area contributed by atoms with Gasteiger partial charge in [-0.1, -0.05) is 36.4 Å². The van der Waals surface area contributed by atoms with E-state index in [-0.39, 0.29) is 21.0 Å². The molecule has 0 radical (unpaired) electrons. The molecule has 0 fully saturated rings. The highest BCUT2D eigenvalue weighted by molar-refractivity contribution is 7.85. The van der Waals surface area contributed by atoms with Crippen LogP contribution in [0.4, 0.5) is 11.4 Å². The molecule has 8 heteroatoms. The summed E-state index contributed by atoms with van der Waals surface area (Å²) < 4.78 is 18.7. The number of nitro groups is 1. The number of carbonyl (C=O) groups excluding carboxylic acids is 1. The number of anilines is 1. The molecule has 0 spiro atoms. The molecule has 154 valence electrons. The molecule has 1 atom stereocenters. The number of rotatable bonds is 6. The minimum atomic E-state index is -2.01. The average Bonchev–Trinajstić information content (AvgIpc) is 2.77. The van der Waals surface area contributed by atoms with Crippen LogP contribution in [0.5, 0.6) is 5.75 Å². The van der Waals surface area contributed by atoms with Crippen LogP contribution in [0.1, 0.15) is 15.9 Å². The van der Waals surface area contributed by atoms with Crippen LogP contribution >= 0.6 is 0 Å². The minimum Gasteiger partial charge on any atom is -0.495 e. The van der Waals surface area contributed by atoms with Gasteiger partial charge < -0.3 is 9.64 Å². The van der Waals surface area contributed by atoms with E-state index in [9.17, 15) is 19.1 Å². The van der Waals surface area contributed by atoms with Crippen LogP contribution in [0.2, 0.25) is 0 Å². The molecule has 1 amide bonds. The molecule has 0 heterocycles. The van der Waals surface area contributed by atoms with Crippen molar-refractivity contribution in [3.05, 3.63) is 88.0 Å². The van der Waals surface area contributed by atoms with Crippen LogP contribution < -0.4 is 9.64 Å². The zero-order valence-corrected chi connectivity index (χ0v) is 17.5. The minimum absolute atomic E-state index is 0.000748. The number of hydrogen-bond acceptors (Lipinski definition) is 5. The van der Waals surface area contributed by atoms with E-state index in [0.29, 0.717) is 11.4 Å². The number of amides is 1. The lowest BCUT2D eigenvalue weighted by molar-refractivity contribution is -0.387. The van der Waals surface area contributed by atoms with Gasteiger partial charge in [-0.3, -0.25) is 14.9 Å². The molecule has 7 nitrogen and oxygen atoms in total. The lowest BCUT2D eigenvalue weighted by Gasteiger charge is -2.21. The van der Waals surface area contributed by atoms with Crippen LogP contribution in [-0.2, 0) is 10.8 Å². The molecule has 1 unspecified atom stereocenters. The van der Waals surface area contributed by atoms with Gasteiger partial charge >= 0.3 is 0 Å². The van der Waals surface area contributed by atoms with E-state index >= 15 is 0 Å². The van der Waals surface area contributed by atoms with E-state index < -0.39 is 21.6 Å². The van der Waals surface area contributed by atoms with E-state index in [1.54, 1.807) is 43.4 Å². The van der Waals surface area contributed by atoms with Gasteiger partial charge in [0.25, 0.3) is 11.6 Å². The van der Waals surface area contributed by atoms with E-state index in [4.69, 9.17) is 4.74 Å². The number of nitro benzene ring substituents is 1. The highest BCUT2D eigenvalue weighted by Crippen LogP contribution is 2.34.